The van der Waals surface area contributed by atoms with Gasteiger partial charge < -0.3 is 20.3 Å². The number of imidazole rings is 1. The SMILES string of the molecule is CNCCC1CCCCN1c1c([N+](=O)[O-])nc(C)n1C. The second kappa shape index (κ2) is 6.21. The number of anilines is 1. The van der Waals surface area contributed by atoms with E-state index in [9.17, 15) is 10.1 Å². The molecular weight excluding hydrogens is 258 g/mol. The van der Waals surface area contributed by atoms with Gasteiger partial charge in [0.1, 0.15) is 0 Å². The van der Waals surface area contributed by atoms with E-state index in [1.54, 1.807) is 0 Å². The van der Waals surface area contributed by atoms with Crippen LogP contribution >= 0.6 is 0 Å². The molecule has 112 valence electrons. The molecule has 2 rings (SSSR count). The Morgan fingerprint density at radius 1 is 1.50 bits per heavy atom. The third kappa shape index (κ3) is 2.77. The summed E-state index contributed by atoms with van der Waals surface area (Å²) in [5.74, 6) is 1.33. The van der Waals surface area contributed by atoms with Crippen LogP contribution in [0.1, 0.15) is 31.5 Å². The van der Waals surface area contributed by atoms with Crippen molar-refractivity contribution < 1.29 is 4.92 Å². The second-order valence-electron chi connectivity index (χ2n) is 5.36. The number of nitro groups is 1. The Labute approximate surface area is 119 Å². The van der Waals surface area contributed by atoms with Crippen LogP contribution < -0.4 is 10.2 Å². The summed E-state index contributed by atoms with van der Waals surface area (Å²) >= 11 is 0. The van der Waals surface area contributed by atoms with Gasteiger partial charge in [-0.25, -0.2) is 0 Å². The van der Waals surface area contributed by atoms with Crippen molar-refractivity contribution in [3.05, 3.63) is 15.9 Å². The van der Waals surface area contributed by atoms with E-state index >= 15 is 0 Å². The predicted molar refractivity (Wildman–Crippen MR) is 78.1 cm³/mol. The maximum absolute atomic E-state index is 11.2. The number of hydrogen-bond donors (Lipinski definition) is 1. The molecule has 7 heteroatoms. The zero-order valence-corrected chi connectivity index (χ0v) is 12.4. The maximum Gasteiger partial charge on any atom is 0.406 e. The number of nitrogens with zero attached hydrogens (tertiary/aromatic N) is 4. The van der Waals surface area contributed by atoms with E-state index in [-0.39, 0.29) is 10.7 Å². The van der Waals surface area contributed by atoms with Crippen molar-refractivity contribution in [3.8, 4) is 0 Å². The molecular formula is C13H23N5O2. The van der Waals surface area contributed by atoms with E-state index in [1.165, 1.54) is 6.42 Å². The predicted octanol–water partition coefficient (Wildman–Crippen LogP) is 1.61. The zero-order chi connectivity index (χ0) is 14.7. The molecule has 20 heavy (non-hydrogen) atoms. The van der Waals surface area contributed by atoms with Crippen LogP contribution in [0.5, 0.6) is 0 Å². The molecule has 2 heterocycles. The summed E-state index contributed by atoms with van der Waals surface area (Å²) in [7, 11) is 3.79. The number of hydrogen-bond acceptors (Lipinski definition) is 5. The van der Waals surface area contributed by atoms with Crippen LogP contribution in [0.15, 0.2) is 0 Å². The fourth-order valence-electron chi connectivity index (χ4n) is 2.92. The van der Waals surface area contributed by atoms with Crippen molar-refractivity contribution in [2.45, 2.75) is 38.6 Å². The van der Waals surface area contributed by atoms with Gasteiger partial charge in [0.15, 0.2) is 0 Å². The fraction of sp³-hybridized carbons (Fsp3) is 0.769. The molecule has 1 aromatic heterocycles. The molecule has 0 spiro atoms. The highest BCUT2D eigenvalue weighted by atomic mass is 16.6. The first-order valence-electron chi connectivity index (χ1n) is 7.15. The van der Waals surface area contributed by atoms with Crippen molar-refractivity contribution in [2.75, 3.05) is 25.0 Å². The van der Waals surface area contributed by atoms with E-state index in [1.807, 2.05) is 25.6 Å². The van der Waals surface area contributed by atoms with Gasteiger partial charge in [0, 0.05) is 26.6 Å². The molecule has 0 bridgehead atoms. The van der Waals surface area contributed by atoms with Crippen molar-refractivity contribution in [3.63, 3.8) is 0 Å². The van der Waals surface area contributed by atoms with Crippen molar-refractivity contribution in [1.82, 2.24) is 14.9 Å². The summed E-state index contributed by atoms with van der Waals surface area (Å²) in [5, 5.41) is 14.4. The molecule has 0 radical (unpaired) electrons. The summed E-state index contributed by atoms with van der Waals surface area (Å²) in [6, 6.07) is 0.352. The van der Waals surface area contributed by atoms with Crippen LogP contribution in [0.3, 0.4) is 0 Å². The number of piperidine rings is 1. The van der Waals surface area contributed by atoms with Crippen molar-refractivity contribution >= 4 is 11.6 Å². The standard InChI is InChI=1S/C13H23N5O2/c1-10-15-12(18(19)20)13(16(10)3)17-9-5-4-6-11(17)7-8-14-2/h11,14H,4-9H2,1-3H3. The van der Waals surface area contributed by atoms with Gasteiger partial charge >= 0.3 is 5.82 Å². The Hall–Kier alpha value is -1.63. The van der Waals surface area contributed by atoms with Gasteiger partial charge in [-0.1, -0.05) is 0 Å². The lowest BCUT2D eigenvalue weighted by molar-refractivity contribution is -0.388. The molecule has 1 aliphatic heterocycles. The van der Waals surface area contributed by atoms with Crippen LogP contribution in [0.4, 0.5) is 11.6 Å². The topological polar surface area (TPSA) is 76.2 Å². The molecule has 1 atom stereocenters. The number of nitrogens with one attached hydrogen (secondary N) is 1. The summed E-state index contributed by atoms with van der Waals surface area (Å²) in [6.45, 7) is 3.60. The van der Waals surface area contributed by atoms with E-state index in [4.69, 9.17) is 0 Å². The van der Waals surface area contributed by atoms with Gasteiger partial charge in [0.05, 0.1) is 0 Å². The van der Waals surface area contributed by atoms with E-state index in [0.717, 1.165) is 32.4 Å². The fourth-order valence-corrected chi connectivity index (χ4v) is 2.92. The first-order valence-corrected chi connectivity index (χ1v) is 7.15. The highest BCUT2D eigenvalue weighted by molar-refractivity contribution is 5.57. The Morgan fingerprint density at radius 2 is 2.25 bits per heavy atom. The molecule has 1 aliphatic rings. The summed E-state index contributed by atoms with van der Waals surface area (Å²) < 4.78 is 1.84. The zero-order valence-electron chi connectivity index (χ0n) is 12.4. The molecule has 1 aromatic rings. The molecule has 7 nitrogen and oxygen atoms in total. The Kier molecular flexibility index (Phi) is 4.59. The smallest absolute Gasteiger partial charge is 0.358 e. The van der Waals surface area contributed by atoms with Crippen LogP contribution in [0.2, 0.25) is 0 Å². The van der Waals surface area contributed by atoms with E-state index in [2.05, 4.69) is 15.2 Å². The lowest BCUT2D eigenvalue weighted by Gasteiger charge is -2.36. The number of aromatic nitrogens is 2. The Bertz CT molecular complexity index is 485. The molecule has 0 amide bonds. The largest absolute Gasteiger partial charge is 0.406 e. The van der Waals surface area contributed by atoms with Gasteiger partial charge in [-0.2, -0.15) is 0 Å². The molecule has 0 aromatic carbocycles. The number of rotatable bonds is 5. The Morgan fingerprint density at radius 3 is 2.90 bits per heavy atom. The van der Waals surface area contributed by atoms with Gasteiger partial charge in [-0.3, -0.25) is 4.57 Å². The Balaban J connectivity index is 2.34. The minimum absolute atomic E-state index is 0.0126. The quantitative estimate of drug-likeness (QED) is 0.655. The molecule has 1 unspecified atom stereocenters. The van der Waals surface area contributed by atoms with Crippen LogP contribution in [-0.2, 0) is 7.05 Å². The van der Waals surface area contributed by atoms with Crippen LogP contribution in [0.25, 0.3) is 0 Å². The van der Waals surface area contributed by atoms with Crippen molar-refractivity contribution in [1.29, 1.82) is 0 Å². The average molecular weight is 281 g/mol. The third-order valence-corrected chi connectivity index (χ3v) is 4.07. The summed E-state index contributed by atoms with van der Waals surface area (Å²) in [5.41, 5.74) is 0. The molecule has 0 saturated carbocycles. The third-order valence-electron chi connectivity index (χ3n) is 4.07. The minimum Gasteiger partial charge on any atom is -0.358 e. The normalized spacial score (nSPS) is 19.4. The molecule has 0 aliphatic carbocycles. The van der Waals surface area contributed by atoms with E-state index < -0.39 is 0 Å². The van der Waals surface area contributed by atoms with Gasteiger partial charge in [-0.15, -0.1) is 0 Å². The van der Waals surface area contributed by atoms with E-state index in [0.29, 0.717) is 17.7 Å². The lowest BCUT2D eigenvalue weighted by Crippen LogP contribution is -2.42. The number of aryl methyl sites for hydroxylation is 1. The second-order valence-corrected chi connectivity index (χ2v) is 5.36. The monoisotopic (exact) mass is 281 g/mol. The maximum atomic E-state index is 11.2. The van der Waals surface area contributed by atoms with Crippen LogP contribution in [0, 0.1) is 17.0 Å². The van der Waals surface area contributed by atoms with Gasteiger partial charge in [0.2, 0.25) is 11.6 Å². The first kappa shape index (κ1) is 14.8. The summed E-state index contributed by atoms with van der Waals surface area (Å²) in [4.78, 5) is 17.2. The minimum atomic E-state index is -0.369. The first-order chi connectivity index (χ1) is 9.56. The average Bonchev–Trinajstić information content (AvgIpc) is 2.73. The lowest BCUT2D eigenvalue weighted by atomic mass is 9.99. The van der Waals surface area contributed by atoms with Gasteiger partial charge in [-0.05, 0) is 49.2 Å². The van der Waals surface area contributed by atoms with Crippen molar-refractivity contribution in [2.24, 2.45) is 7.05 Å². The highest BCUT2D eigenvalue weighted by Gasteiger charge is 2.33. The highest BCUT2D eigenvalue weighted by Crippen LogP contribution is 2.33. The molecule has 1 N–H and O–H groups in total. The summed E-state index contributed by atoms with van der Waals surface area (Å²) in [6.07, 6.45) is 4.36. The molecule has 1 saturated heterocycles. The van der Waals surface area contributed by atoms with Gasteiger partial charge in [0.25, 0.3) is 0 Å². The molecule has 1 fully saturated rings. The van der Waals surface area contributed by atoms with Crippen LogP contribution in [-0.4, -0.2) is 40.7 Å².